The van der Waals surface area contributed by atoms with Gasteiger partial charge in [0.2, 0.25) is 0 Å². The number of carboxylic acids is 1. The van der Waals surface area contributed by atoms with Crippen molar-refractivity contribution in [1.82, 2.24) is 10.3 Å². The van der Waals surface area contributed by atoms with Crippen LogP contribution in [0.5, 0.6) is 5.75 Å². The van der Waals surface area contributed by atoms with Crippen LogP contribution in [0.1, 0.15) is 28.4 Å². The molecule has 0 spiro atoms. The predicted molar refractivity (Wildman–Crippen MR) is 108 cm³/mol. The maximum Gasteiger partial charge on any atom is 0.308 e. The van der Waals surface area contributed by atoms with Crippen molar-refractivity contribution < 1.29 is 20.1 Å². The number of pyridine rings is 1. The Hall–Kier alpha value is -3.16. The zero-order valence-electron chi connectivity index (χ0n) is 15.7. The third-order valence-corrected chi connectivity index (χ3v) is 5.46. The lowest BCUT2D eigenvalue weighted by molar-refractivity contribution is -0.136. The van der Waals surface area contributed by atoms with Gasteiger partial charge in [-0.2, -0.15) is 0 Å². The van der Waals surface area contributed by atoms with Crippen molar-refractivity contribution in [2.75, 3.05) is 6.54 Å². The number of hydrogen-bond acceptors (Lipinski definition) is 5. The minimum absolute atomic E-state index is 0.0725. The molecule has 1 aliphatic carbocycles. The number of fused-ring (bicyclic) bond motifs is 2. The van der Waals surface area contributed by atoms with E-state index in [9.17, 15) is 19.8 Å². The highest BCUT2D eigenvalue weighted by atomic mass is 16.4. The molecule has 5 N–H and O–H groups in total. The Kier molecular flexibility index (Phi) is 5.08. The highest BCUT2D eigenvalue weighted by Crippen LogP contribution is 2.30. The number of carbonyl (C=O) groups is 1. The van der Waals surface area contributed by atoms with Crippen LogP contribution in [0, 0.1) is 0 Å². The number of aromatic amines is 1. The molecule has 1 unspecified atom stereocenters. The quantitative estimate of drug-likeness (QED) is 0.433. The number of nitrogens with one attached hydrogen (secondary N) is 2. The second kappa shape index (κ2) is 7.69. The van der Waals surface area contributed by atoms with E-state index < -0.39 is 24.1 Å². The number of aromatic hydroxyl groups is 1. The van der Waals surface area contributed by atoms with Crippen LogP contribution in [-0.4, -0.2) is 38.9 Å². The second-order valence-electron chi connectivity index (χ2n) is 7.45. The largest absolute Gasteiger partial charge is 0.506 e. The minimum atomic E-state index is -1.13. The van der Waals surface area contributed by atoms with Crippen molar-refractivity contribution in [3.8, 4) is 5.75 Å². The molecule has 0 saturated heterocycles. The Balaban J connectivity index is 1.57. The number of aliphatic carboxylic acids is 1. The number of hydrogen-bond donors (Lipinski definition) is 5. The minimum Gasteiger partial charge on any atom is -0.506 e. The van der Waals surface area contributed by atoms with E-state index in [1.165, 1.54) is 23.3 Å². The van der Waals surface area contributed by atoms with E-state index in [-0.39, 0.29) is 22.9 Å². The highest BCUT2D eigenvalue weighted by Gasteiger charge is 2.22. The van der Waals surface area contributed by atoms with Gasteiger partial charge in [-0.05, 0) is 41.7 Å². The first-order valence-corrected chi connectivity index (χ1v) is 9.50. The summed E-state index contributed by atoms with van der Waals surface area (Å²) in [5.74, 6) is -1.26. The van der Waals surface area contributed by atoms with Gasteiger partial charge in [0.15, 0.2) is 0 Å². The normalized spacial score (nSPS) is 14.8. The van der Waals surface area contributed by atoms with E-state index in [4.69, 9.17) is 5.11 Å². The number of aromatic nitrogens is 1. The Labute approximate surface area is 166 Å². The van der Waals surface area contributed by atoms with Gasteiger partial charge in [-0.25, -0.2) is 0 Å². The van der Waals surface area contributed by atoms with Gasteiger partial charge in [-0.1, -0.05) is 30.3 Å². The van der Waals surface area contributed by atoms with Crippen LogP contribution in [0.2, 0.25) is 0 Å². The van der Waals surface area contributed by atoms with Crippen molar-refractivity contribution in [2.45, 2.75) is 31.4 Å². The predicted octanol–water partition coefficient (Wildman–Crippen LogP) is 1.65. The van der Waals surface area contributed by atoms with Gasteiger partial charge in [0, 0.05) is 23.5 Å². The fourth-order valence-corrected chi connectivity index (χ4v) is 4.02. The van der Waals surface area contributed by atoms with E-state index in [0.717, 1.165) is 12.8 Å². The topological polar surface area (TPSA) is 123 Å². The van der Waals surface area contributed by atoms with E-state index in [1.54, 1.807) is 6.07 Å². The standard InChI is InChI=1S/C22H22N2O5/c25-18-6-5-16(17-9-14(10-20(27)28)22(29)24-21(17)18)19(26)11-23-15-7-12-3-1-2-4-13(12)8-15/h1-6,9,15,19,23,25-26H,7-8,10-11H2,(H,24,29)(H,27,28). The molecule has 1 heterocycles. The van der Waals surface area contributed by atoms with Crippen LogP contribution >= 0.6 is 0 Å². The molecule has 0 radical (unpaired) electrons. The van der Waals surface area contributed by atoms with E-state index in [0.29, 0.717) is 17.5 Å². The summed E-state index contributed by atoms with van der Waals surface area (Å²) in [6.07, 6.45) is 0.477. The number of aliphatic hydroxyl groups excluding tert-OH is 1. The fraction of sp³-hybridized carbons (Fsp3) is 0.273. The van der Waals surface area contributed by atoms with Gasteiger partial charge in [0.1, 0.15) is 5.75 Å². The van der Waals surface area contributed by atoms with Gasteiger partial charge in [-0.15, -0.1) is 0 Å². The maximum atomic E-state index is 12.1. The molecule has 0 fully saturated rings. The van der Waals surface area contributed by atoms with E-state index in [1.807, 2.05) is 12.1 Å². The summed E-state index contributed by atoms with van der Waals surface area (Å²) in [6, 6.07) is 12.9. The molecule has 3 aromatic rings. The second-order valence-corrected chi connectivity index (χ2v) is 7.45. The Morgan fingerprint density at radius 2 is 1.86 bits per heavy atom. The Morgan fingerprint density at radius 3 is 2.52 bits per heavy atom. The van der Waals surface area contributed by atoms with E-state index in [2.05, 4.69) is 22.4 Å². The molecule has 1 aliphatic rings. The SMILES string of the molecule is O=C(O)Cc1cc2c(C(O)CNC3Cc4ccccc4C3)ccc(O)c2[nH]c1=O. The van der Waals surface area contributed by atoms with Gasteiger partial charge < -0.3 is 25.6 Å². The molecule has 29 heavy (non-hydrogen) atoms. The molecule has 7 nitrogen and oxygen atoms in total. The number of rotatable bonds is 6. The first kappa shape index (κ1) is 19.2. The highest BCUT2D eigenvalue weighted by molar-refractivity contribution is 5.88. The Bertz CT molecular complexity index is 1110. The van der Waals surface area contributed by atoms with Crippen LogP contribution in [0.4, 0.5) is 0 Å². The summed E-state index contributed by atoms with van der Waals surface area (Å²) in [6.45, 7) is 0.298. The monoisotopic (exact) mass is 394 g/mol. The van der Waals surface area contributed by atoms with Crippen LogP contribution in [0.3, 0.4) is 0 Å². The number of carboxylic acid groups (broad SMARTS) is 1. The molecule has 1 atom stereocenters. The van der Waals surface area contributed by atoms with Crippen molar-refractivity contribution in [2.24, 2.45) is 0 Å². The fourth-order valence-electron chi connectivity index (χ4n) is 4.02. The van der Waals surface area contributed by atoms with Crippen LogP contribution in [0.15, 0.2) is 47.3 Å². The summed E-state index contributed by atoms with van der Waals surface area (Å²) >= 11 is 0. The van der Waals surface area contributed by atoms with Crippen molar-refractivity contribution in [1.29, 1.82) is 0 Å². The van der Waals surface area contributed by atoms with Gasteiger partial charge in [0.25, 0.3) is 5.56 Å². The lowest BCUT2D eigenvalue weighted by Crippen LogP contribution is -2.33. The van der Waals surface area contributed by atoms with Crippen LogP contribution < -0.4 is 10.9 Å². The van der Waals surface area contributed by atoms with Gasteiger partial charge in [-0.3, -0.25) is 9.59 Å². The zero-order valence-corrected chi connectivity index (χ0v) is 15.7. The molecule has 4 rings (SSSR count). The van der Waals surface area contributed by atoms with Crippen molar-refractivity contribution in [3.05, 3.63) is 75.1 Å². The molecule has 7 heteroatoms. The number of aliphatic hydroxyl groups is 1. The zero-order chi connectivity index (χ0) is 20.5. The van der Waals surface area contributed by atoms with Gasteiger partial charge >= 0.3 is 5.97 Å². The number of phenolic OH excluding ortho intramolecular Hbond substituents is 1. The molecule has 0 saturated carbocycles. The summed E-state index contributed by atoms with van der Waals surface area (Å²) in [7, 11) is 0. The third kappa shape index (κ3) is 3.87. The first-order valence-electron chi connectivity index (χ1n) is 9.50. The Morgan fingerprint density at radius 1 is 1.17 bits per heavy atom. The van der Waals surface area contributed by atoms with Crippen LogP contribution in [-0.2, 0) is 24.1 Å². The van der Waals surface area contributed by atoms with Crippen molar-refractivity contribution in [3.63, 3.8) is 0 Å². The number of phenols is 1. The van der Waals surface area contributed by atoms with Crippen molar-refractivity contribution >= 4 is 16.9 Å². The lowest BCUT2D eigenvalue weighted by atomic mass is 10.00. The molecule has 0 bridgehead atoms. The molecular weight excluding hydrogens is 372 g/mol. The summed E-state index contributed by atoms with van der Waals surface area (Å²) in [4.78, 5) is 25.7. The average molecular weight is 394 g/mol. The number of benzene rings is 2. The molecule has 150 valence electrons. The molecule has 0 aliphatic heterocycles. The molecular formula is C22H22N2O5. The summed E-state index contributed by atoms with van der Waals surface area (Å²) in [5, 5.41) is 33.7. The number of H-pyrrole nitrogens is 1. The smallest absolute Gasteiger partial charge is 0.308 e. The van der Waals surface area contributed by atoms with Gasteiger partial charge in [0.05, 0.1) is 18.0 Å². The lowest BCUT2D eigenvalue weighted by Gasteiger charge is -2.18. The molecule has 2 aromatic carbocycles. The van der Waals surface area contributed by atoms with E-state index >= 15 is 0 Å². The molecule has 1 aromatic heterocycles. The van der Waals surface area contributed by atoms with Crippen LogP contribution in [0.25, 0.3) is 10.9 Å². The summed E-state index contributed by atoms with van der Waals surface area (Å²) < 4.78 is 0. The first-order chi connectivity index (χ1) is 13.9. The maximum absolute atomic E-state index is 12.1. The molecule has 0 amide bonds. The summed E-state index contributed by atoms with van der Waals surface area (Å²) in [5.41, 5.74) is 2.83. The third-order valence-electron chi connectivity index (χ3n) is 5.46. The average Bonchev–Trinajstić information content (AvgIpc) is 3.10.